The van der Waals surface area contributed by atoms with Gasteiger partial charge in [-0.1, -0.05) is 12.8 Å². The van der Waals surface area contributed by atoms with Crippen molar-refractivity contribution in [1.82, 2.24) is 20.2 Å². The molecular weight excluding hydrogens is 280 g/mol. The molecule has 88 valence electrons. The van der Waals surface area contributed by atoms with E-state index in [1.165, 1.54) is 25.7 Å². The zero-order valence-electron chi connectivity index (χ0n) is 9.36. The van der Waals surface area contributed by atoms with E-state index in [9.17, 15) is 0 Å². The molecule has 1 aliphatic carbocycles. The van der Waals surface area contributed by atoms with Crippen LogP contribution in [-0.2, 0) is 0 Å². The number of rotatable bonds is 2. The topological polar surface area (TPSA) is 54.5 Å². The van der Waals surface area contributed by atoms with Gasteiger partial charge in [0, 0.05) is 16.6 Å². The number of nitrogens with one attached hydrogen (secondary N) is 1. The zero-order valence-corrected chi connectivity index (χ0v) is 10.9. The first kappa shape index (κ1) is 10.9. The predicted octanol–water partition coefficient (Wildman–Crippen LogP) is 3.29. The fourth-order valence-electron chi connectivity index (χ4n) is 2.28. The molecule has 0 atom stereocenters. The third-order valence-electron chi connectivity index (χ3n) is 3.20. The van der Waals surface area contributed by atoms with Gasteiger partial charge in [-0.2, -0.15) is 5.10 Å². The molecule has 0 amide bonds. The quantitative estimate of drug-likeness (QED) is 0.924. The van der Waals surface area contributed by atoms with E-state index in [1.54, 1.807) is 6.20 Å². The highest BCUT2D eigenvalue weighted by molar-refractivity contribution is 9.10. The summed E-state index contributed by atoms with van der Waals surface area (Å²) in [7, 11) is 0. The van der Waals surface area contributed by atoms with Crippen LogP contribution in [-0.4, -0.2) is 20.2 Å². The lowest BCUT2D eigenvalue weighted by Crippen LogP contribution is -1.94. The Labute approximate surface area is 108 Å². The number of hydrogen-bond donors (Lipinski definition) is 1. The summed E-state index contributed by atoms with van der Waals surface area (Å²) in [6.07, 6.45) is 6.82. The van der Waals surface area contributed by atoms with Gasteiger partial charge in [0.2, 0.25) is 0 Å². The molecule has 1 aliphatic rings. The fraction of sp³-hybridized carbons (Fsp3) is 0.417. The first-order valence-corrected chi connectivity index (χ1v) is 6.66. The molecule has 0 unspecified atom stereocenters. The van der Waals surface area contributed by atoms with Gasteiger partial charge in [-0.25, -0.2) is 4.98 Å². The number of H-pyrrole nitrogens is 1. The van der Waals surface area contributed by atoms with E-state index in [-0.39, 0.29) is 0 Å². The van der Waals surface area contributed by atoms with Gasteiger partial charge in [-0.15, -0.1) is 0 Å². The second-order valence-electron chi connectivity index (χ2n) is 4.39. The van der Waals surface area contributed by atoms with Gasteiger partial charge < -0.3 is 0 Å². The summed E-state index contributed by atoms with van der Waals surface area (Å²) in [5.41, 5.74) is 0.814. The third-order valence-corrected chi connectivity index (χ3v) is 3.67. The van der Waals surface area contributed by atoms with E-state index in [1.807, 2.05) is 12.1 Å². The van der Waals surface area contributed by atoms with Crippen molar-refractivity contribution in [3.8, 4) is 11.5 Å². The van der Waals surface area contributed by atoms with E-state index in [4.69, 9.17) is 0 Å². The first-order chi connectivity index (χ1) is 8.33. The van der Waals surface area contributed by atoms with Crippen molar-refractivity contribution in [1.29, 1.82) is 0 Å². The largest absolute Gasteiger partial charge is 0.262 e. The molecular formula is C12H13BrN4. The van der Waals surface area contributed by atoms with Crippen molar-refractivity contribution in [2.24, 2.45) is 0 Å². The molecule has 5 heteroatoms. The lowest BCUT2D eigenvalue weighted by Gasteiger charge is -2.01. The average molecular weight is 293 g/mol. The lowest BCUT2D eigenvalue weighted by molar-refractivity contribution is 0.672. The van der Waals surface area contributed by atoms with E-state index in [0.717, 1.165) is 16.0 Å². The van der Waals surface area contributed by atoms with Crippen molar-refractivity contribution in [2.45, 2.75) is 31.6 Å². The van der Waals surface area contributed by atoms with E-state index in [0.29, 0.717) is 11.7 Å². The predicted molar refractivity (Wildman–Crippen MR) is 68.5 cm³/mol. The molecule has 4 nitrogen and oxygen atoms in total. The minimum absolute atomic E-state index is 0.562. The average Bonchev–Trinajstić information content (AvgIpc) is 3.00. The molecule has 0 aliphatic heterocycles. The van der Waals surface area contributed by atoms with Crippen LogP contribution in [0.2, 0.25) is 0 Å². The Morgan fingerprint density at radius 3 is 2.76 bits per heavy atom. The van der Waals surface area contributed by atoms with Crippen LogP contribution in [0.25, 0.3) is 11.5 Å². The zero-order chi connectivity index (χ0) is 11.7. The number of aromatic nitrogens is 4. The van der Waals surface area contributed by atoms with Crippen molar-refractivity contribution < 1.29 is 0 Å². The Morgan fingerprint density at radius 2 is 2.06 bits per heavy atom. The first-order valence-electron chi connectivity index (χ1n) is 5.87. The lowest BCUT2D eigenvalue weighted by atomic mass is 10.1. The van der Waals surface area contributed by atoms with Crippen LogP contribution in [0.3, 0.4) is 0 Å². The van der Waals surface area contributed by atoms with Crippen molar-refractivity contribution >= 4 is 15.9 Å². The third kappa shape index (κ3) is 2.24. The molecule has 0 bridgehead atoms. The smallest absolute Gasteiger partial charge is 0.199 e. The maximum Gasteiger partial charge on any atom is 0.199 e. The van der Waals surface area contributed by atoms with Crippen LogP contribution in [0.5, 0.6) is 0 Å². The minimum atomic E-state index is 0.562. The van der Waals surface area contributed by atoms with Crippen LogP contribution >= 0.6 is 15.9 Å². The fourth-order valence-corrected chi connectivity index (χ4v) is 2.51. The van der Waals surface area contributed by atoms with E-state index < -0.39 is 0 Å². The summed E-state index contributed by atoms with van der Waals surface area (Å²) in [6, 6.07) is 3.87. The maximum atomic E-state index is 4.55. The second-order valence-corrected chi connectivity index (χ2v) is 5.30. The number of nitrogens with zero attached hydrogens (tertiary/aromatic N) is 3. The highest BCUT2D eigenvalue weighted by atomic mass is 79.9. The highest BCUT2D eigenvalue weighted by Gasteiger charge is 2.21. The molecule has 0 aromatic carbocycles. The van der Waals surface area contributed by atoms with Crippen LogP contribution in [0.15, 0.2) is 22.8 Å². The minimum Gasteiger partial charge on any atom is -0.262 e. The Bertz CT molecular complexity index is 499. The molecule has 2 aromatic heterocycles. The van der Waals surface area contributed by atoms with Crippen LogP contribution in [0.1, 0.15) is 37.4 Å². The van der Waals surface area contributed by atoms with E-state index >= 15 is 0 Å². The molecule has 0 saturated heterocycles. The summed E-state index contributed by atoms with van der Waals surface area (Å²) >= 11 is 3.37. The number of pyridine rings is 1. The molecule has 0 spiro atoms. The highest BCUT2D eigenvalue weighted by Crippen LogP contribution is 2.32. The molecule has 2 aromatic rings. The molecule has 0 radical (unpaired) electrons. The van der Waals surface area contributed by atoms with Crippen molar-refractivity contribution in [3.63, 3.8) is 0 Å². The van der Waals surface area contributed by atoms with Gasteiger partial charge in [0.25, 0.3) is 0 Å². The number of hydrogen-bond acceptors (Lipinski definition) is 3. The summed E-state index contributed by atoms with van der Waals surface area (Å²) in [5.74, 6) is 2.27. The maximum absolute atomic E-state index is 4.55. The molecule has 1 N–H and O–H groups in total. The Kier molecular flexibility index (Phi) is 2.93. The van der Waals surface area contributed by atoms with Crippen molar-refractivity contribution in [3.05, 3.63) is 28.6 Å². The van der Waals surface area contributed by atoms with Gasteiger partial charge in [-0.05, 0) is 40.9 Å². The van der Waals surface area contributed by atoms with Gasteiger partial charge >= 0.3 is 0 Å². The summed E-state index contributed by atoms with van der Waals surface area (Å²) in [5, 5.41) is 7.29. The van der Waals surface area contributed by atoms with Crippen LogP contribution in [0.4, 0.5) is 0 Å². The Balaban J connectivity index is 1.86. The molecule has 1 saturated carbocycles. The Hall–Kier alpha value is -1.23. The van der Waals surface area contributed by atoms with Crippen LogP contribution in [0, 0.1) is 0 Å². The van der Waals surface area contributed by atoms with Gasteiger partial charge in [0.05, 0.1) is 0 Å². The normalized spacial score (nSPS) is 16.5. The molecule has 1 fully saturated rings. The van der Waals surface area contributed by atoms with Crippen LogP contribution < -0.4 is 0 Å². The molecule has 3 rings (SSSR count). The summed E-state index contributed by atoms with van der Waals surface area (Å²) in [4.78, 5) is 8.84. The molecule has 2 heterocycles. The van der Waals surface area contributed by atoms with Crippen molar-refractivity contribution in [2.75, 3.05) is 0 Å². The van der Waals surface area contributed by atoms with Gasteiger partial charge in [0.15, 0.2) is 5.82 Å². The van der Waals surface area contributed by atoms with Gasteiger partial charge in [-0.3, -0.25) is 10.1 Å². The monoisotopic (exact) mass is 292 g/mol. The van der Waals surface area contributed by atoms with Gasteiger partial charge in [0.1, 0.15) is 11.5 Å². The Morgan fingerprint density at radius 1 is 1.24 bits per heavy atom. The summed E-state index contributed by atoms with van der Waals surface area (Å²) < 4.78 is 0.966. The SMILES string of the molecule is Brc1ccc(-c2n[nH]c(C3CCCC3)n2)nc1. The standard InChI is InChI=1S/C12H13BrN4/c13-9-5-6-10(14-7-9)12-15-11(16-17-12)8-3-1-2-4-8/h5-8H,1-4H2,(H,15,16,17). The summed E-state index contributed by atoms with van der Waals surface area (Å²) in [6.45, 7) is 0. The second kappa shape index (κ2) is 4.56. The molecule has 17 heavy (non-hydrogen) atoms. The number of halogens is 1. The van der Waals surface area contributed by atoms with E-state index in [2.05, 4.69) is 36.1 Å². The number of aromatic amines is 1.